The molecule has 0 radical (unpaired) electrons. The van der Waals surface area contributed by atoms with E-state index >= 15 is 0 Å². The lowest BCUT2D eigenvalue weighted by molar-refractivity contribution is -0.536. The quantitative estimate of drug-likeness (QED) is 0.236. The summed E-state index contributed by atoms with van der Waals surface area (Å²) in [5.74, 6) is 0.428. The minimum atomic E-state index is -0.0277. The van der Waals surface area contributed by atoms with E-state index in [1.54, 1.807) is 0 Å². The monoisotopic (exact) mass is 480 g/mol. The molecule has 1 atom stereocenters. The Kier molecular flexibility index (Phi) is 5.00. The maximum absolute atomic E-state index is 6.69. The van der Waals surface area contributed by atoms with Crippen LogP contribution in [0.25, 0.3) is 33.2 Å². The van der Waals surface area contributed by atoms with E-state index in [4.69, 9.17) is 14.5 Å². The summed E-state index contributed by atoms with van der Waals surface area (Å²) in [5, 5.41) is 7.32. The van der Waals surface area contributed by atoms with Crippen LogP contribution in [0.3, 0.4) is 0 Å². The van der Waals surface area contributed by atoms with E-state index in [2.05, 4.69) is 116 Å². The number of fused-ring (bicyclic) bond motifs is 5. The van der Waals surface area contributed by atoms with E-state index < -0.39 is 0 Å². The van der Waals surface area contributed by atoms with E-state index in [1.165, 1.54) is 11.1 Å². The summed E-state index contributed by atoms with van der Waals surface area (Å²) in [6.07, 6.45) is 1.89. The van der Waals surface area contributed by atoms with Gasteiger partial charge in [-0.15, -0.1) is 0 Å². The van der Waals surface area contributed by atoms with Crippen molar-refractivity contribution in [2.24, 2.45) is 5.11 Å². The average molecular weight is 481 g/mol. The number of azo groups is 2. The first kappa shape index (κ1) is 21.7. The van der Waals surface area contributed by atoms with Gasteiger partial charge in [0.2, 0.25) is 11.7 Å². The molecule has 0 spiro atoms. The van der Waals surface area contributed by atoms with Gasteiger partial charge in [-0.1, -0.05) is 79.2 Å². The largest absolute Gasteiger partial charge is 0.453 e. The van der Waals surface area contributed by atoms with Gasteiger partial charge in [0.25, 0.3) is 0 Å². The fraction of sp³-hybridized carbons (Fsp3) is 0.121. The van der Waals surface area contributed by atoms with Gasteiger partial charge in [-0.3, -0.25) is 4.98 Å². The summed E-state index contributed by atoms with van der Waals surface area (Å²) in [7, 11) is 0. The molecule has 1 aliphatic rings. The first-order chi connectivity index (χ1) is 18.2. The third kappa shape index (κ3) is 3.48. The van der Waals surface area contributed by atoms with Crippen LogP contribution in [0.15, 0.2) is 119 Å². The number of pyridine rings is 1. The molecule has 4 nitrogen and oxygen atoms in total. The number of para-hydroxylation sites is 2. The van der Waals surface area contributed by atoms with E-state index in [-0.39, 0.29) is 6.04 Å². The van der Waals surface area contributed by atoms with Crippen LogP contribution in [0, 0.1) is 0 Å². The van der Waals surface area contributed by atoms with Crippen molar-refractivity contribution in [2.45, 2.75) is 25.8 Å². The first-order valence-electron chi connectivity index (χ1n) is 12.7. The highest BCUT2D eigenvalue weighted by Gasteiger charge is 2.39. The van der Waals surface area contributed by atoms with Gasteiger partial charge in [-0.05, 0) is 41.8 Å². The lowest BCUT2D eigenvalue weighted by atomic mass is 9.96. The van der Waals surface area contributed by atoms with Crippen molar-refractivity contribution in [3.63, 3.8) is 0 Å². The molecule has 4 heteroatoms. The Morgan fingerprint density at radius 1 is 0.757 bits per heavy atom. The summed E-state index contributed by atoms with van der Waals surface area (Å²) >= 11 is 0. The van der Waals surface area contributed by atoms with Crippen LogP contribution in [-0.4, -0.2) is 9.68 Å². The van der Waals surface area contributed by atoms with E-state index in [9.17, 15) is 0 Å². The predicted octanol–water partition coefficient (Wildman–Crippen LogP) is 9.30. The van der Waals surface area contributed by atoms with Crippen LogP contribution in [0.4, 0.5) is 11.4 Å². The Balaban J connectivity index is 1.48. The molecular formula is C33H26N3O+. The second-order valence-electron chi connectivity index (χ2n) is 9.89. The molecule has 7 rings (SSSR count). The lowest BCUT2D eigenvalue weighted by Crippen LogP contribution is -2.09. The number of furan rings is 1. The molecule has 3 heterocycles. The molecule has 0 saturated heterocycles. The van der Waals surface area contributed by atoms with Crippen molar-refractivity contribution < 1.29 is 9.11 Å². The van der Waals surface area contributed by atoms with Gasteiger partial charge in [0.05, 0.1) is 11.3 Å². The highest BCUT2D eigenvalue weighted by molar-refractivity contribution is 6.12. The van der Waals surface area contributed by atoms with Crippen LogP contribution < -0.4 is 0 Å². The molecule has 1 unspecified atom stereocenters. The smallest absolute Gasteiger partial charge is 0.237 e. The number of hydrogen-bond acceptors (Lipinski definition) is 3. The van der Waals surface area contributed by atoms with Gasteiger partial charge in [0.1, 0.15) is 5.58 Å². The molecule has 1 aliphatic heterocycles. The standard InChI is InChI=1S/C33H26N3O/c1-21(2)23-18-19-34-29(20-23)27-15-9-14-25-26-16-17-28-30(33(26)37-32(25)27)35-36(24-12-7-4-8-13-24)31(28)22-10-5-3-6-11-22/h3-21,31H,1-2H3/q+1. The summed E-state index contributed by atoms with van der Waals surface area (Å²) < 4.78 is 8.80. The minimum Gasteiger partial charge on any atom is -0.453 e. The average Bonchev–Trinajstić information content (AvgIpc) is 3.53. The number of nitrogens with zero attached hydrogens (tertiary/aromatic N) is 3. The number of rotatable bonds is 4. The summed E-state index contributed by atoms with van der Waals surface area (Å²) in [4.78, 5) is 4.70. The zero-order chi connectivity index (χ0) is 24.9. The zero-order valence-electron chi connectivity index (χ0n) is 20.8. The van der Waals surface area contributed by atoms with Crippen molar-refractivity contribution in [3.05, 3.63) is 126 Å². The summed E-state index contributed by atoms with van der Waals surface area (Å²) in [5.41, 5.74) is 9.14. The lowest BCUT2D eigenvalue weighted by Gasteiger charge is -2.09. The predicted molar refractivity (Wildman–Crippen MR) is 148 cm³/mol. The van der Waals surface area contributed by atoms with Crippen LogP contribution in [0.1, 0.15) is 42.5 Å². The summed E-state index contributed by atoms with van der Waals surface area (Å²) in [6.45, 7) is 4.40. The number of aromatic nitrogens is 1. The molecule has 178 valence electrons. The van der Waals surface area contributed by atoms with E-state index in [0.29, 0.717) is 5.92 Å². The third-order valence-electron chi connectivity index (χ3n) is 7.28. The fourth-order valence-corrected chi connectivity index (χ4v) is 5.38. The van der Waals surface area contributed by atoms with Gasteiger partial charge in [0.15, 0.2) is 11.3 Å². The van der Waals surface area contributed by atoms with Crippen LogP contribution in [-0.2, 0) is 0 Å². The second-order valence-corrected chi connectivity index (χ2v) is 9.89. The highest BCUT2D eigenvalue weighted by atomic mass is 16.3. The first-order valence-corrected chi connectivity index (χ1v) is 12.7. The third-order valence-corrected chi connectivity index (χ3v) is 7.28. The zero-order valence-corrected chi connectivity index (χ0v) is 20.8. The van der Waals surface area contributed by atoms with Crippen molar-refractivity contribution in [3.8, 4) is 11.3 Å². The maximum atomic E-state index is 6.69. The van der Waals surface area contributed by atoms with Gasteiger partial charge in [-0.25, -0.2) is 0 Å². The number of hydrogen-bond donors (Lipinski definition) is 0. The van der Waals surface area contributed by atoms with Crippen molar-refractivity contribution in [2.75, 3.05) is 0 Å². The van der Waals surface area contributed by atoms with Crippen molar-refractivity contribution >= 4 is 33.3 Å². The molecule has 0 fully saturated rings. The SMILES string of the molecule is CC(C)c1ccnc(-c2cccc3c2oc2c4c(ccc23)C(c2ccccc2)[N+](c2ccccc2)=N4)c1. The molecule has 6 aromatic rings. The van der Waals surface area contributed by atoms with Crippen molar-refractivity contribution in [1.29, 1.82) is 0 Å². The molecule has 0 bridgehead atoms. The van der Waals surface area contributed by atoms with Crippen LogP contribution >= 0.6 is 0 Å². The fourth-order valence-electron chi connectivity index (χ4n) is 5.38. The van der Waals surface area contributed by atoms with E-state index in [1.807, 2.05) is 12.3 Å². The molecule has 0 amide bonds. The van der Waals surface area contributed by atoms with Crippen LogP contribution in [0.5, 0.6) is 0 Å². The molecule has 4 aromatic carbocycles. The van der Waals surface area contributed by atoms with Gasteiger partial charge >= 0.3 is 0 Å². The molecule has 37 heavy (non-hydrogen) atoms. The Hall–Kier alpha value is -4.57. The molecule has 2 aromatic heterocycles. The molecule has 0 saturated carbocycles. The number of benzene rings is 4. The Labute approximate surface area is 215 Å². The second kappa shape index (κ2) is 8.52. The highest BCUT2D eigenvalue weighted by Crippen LogP contribution is 2.49. The maximum Gasteiger partial charge on any atom is 0.237 e. The Morgan fingerprint density at radius 3 is 2.30 bits per heavy atom. The van der Waals surface area contributed by atoms with Gasteiger partial charge in [-0.2, -0.15) is 0 Å². The minimum absolute atomic E-state index is 0.0277. The summed E-state index contributed by atoms with van der Waals surface area (Å²) in [6, 6.07) is 35.8. The Bertz CT molecular complexity index is 1800. The Morgan fingerprint density at radius 2 is 1.51 bits per heavy atom. The van der Waals surface area contributed by atoms with E-state index in [0.717, 1.165) is 50.1 Å². The normalized spacial score (nSPS) is 14.9. The van der Waals surface area contributed by atoms with Gasteiger partial charge in [0, 0.05) is 45.3 Å². The topological polar surface area (TPSA) is 41.4 Å². The molecule has 0 N–H and O–H groups in total. The van der Waals surface area contributed by atoms with Crippen molar-refractivity contribution in [1.82, 2.24) is 4.98 Å². The van der Waals surface area contributed by atoms with Crippen LogP contribution in [0.2, 0.25) is 0 Å². The van der Waals surface area contributed by atoms with Gasteiger partial charge < -0.3 is 4.42 Å². The molecule has 0 aliphatic carbocycles. The molecular weight excluding hydrogens is 454 g/mol.